The summed E-state index contributed by atoms with van der Waals surface area (Å²) < 4.78 is 0. The average molecular weight is 252 g/mol. The first-order valence-corrected chi connectivity index (χ1v) is 8.01. The van der Waals surface area contributed by atoms with Gasteiger partial charge >= 0.3 is 0 Å². The molecule has 0 heterocycles. The molecule has 2 fully saturated rings. The maximum Gasteiger partial charge on any atom is 0.0359 e. The van der Waals surface area contributed by atoms with Crippen molar-refractivity contribution in [3.05, 3.63) is 0 Å². The van der Waals surface area contributed by atoms with Crippen molar-refractivity contribution in [2.75, 3.05) is 20.1 Å². The molecule has 2 rings (SSSR count). The van der Waals surface area contributed by atoms with Crippen molar-refractivity contribution in [3.63, 3.8) is 0 Å². The minimum absolute atomic E-state index is 0.294. The Morgan fingerprint density at radius 2 is 1.89 bits per heavy atom. The van der Waals surface area contributed by atoms with Crippen molar-refractivity contribution in [2.45, 2.75) is 64.3 Å². The first kappa shape index (κ1) is 14.3. The number of likely N-dealkylation sites (N-methyl/N-ethyl adjacent to an activating group) is 1. The third-order valence-corrected chi connectivity index (χ3v) is 5.74. The summed E-state index contributed by atoms with van der Waals surface area (Å²) in [6.45, 7) is 6.90. The highest BCUT2D eigenvalue weighted by Crippen LogP contribution is 2.42. The Bertz CT molecular complexity index is 260. The average Bonchev–Trinajstić information content (AvgIpc) is 2.33. The molecule has 2 heteroatoms. The van der Waals surface area contributed by atoms with Crippen molar-refractivity contribution >= 4 is 0 Å². The van der Waals surface area contributed by atoms with Gasteiger partial charge in [0.25, 0.3) is 0 Å². The molecule has 0 aromatic rings. The van der Waals surface area contributed by atoms with Gasteiger partial charge in [-0.25, -0.2) is 0 Å². The molecule has 0 aliphatic heterocycles. The van der Waals surface area contributed by atoms with E-state index in [-0.39, 0.29) is 0 Å². The van der Waals surface area contributed by atoms with E-state index in [1.807, 2.05) is 0 Å². The van der Waals surface area contributed by atoms with E-state index in [9.17, 15) is 0 Å². The zero-order valence-corrected chi connectivity index (χ0v) is 12.6. The van der Waals surface area contributed by atoms with Crippen molar-refractivity contribution < 1.29 is 0 Å². The Labute approximate surface area is 113 Å². The van der Waals surface area contributed by atoms with Crippen molar-refractivity contribution in [1.82, 2.24) is 4.90 Å². The van der Waals surface area contributed by atoms with Crippen LogP contribution in [0, 0.1) is 17.8 Å². The molecular weight excluding hydrogens is 220 g/mol. The summed E-state index contributed by atoms with van der Waals surface area (Å²) in [5.74, 6) is 2.51. The summed E-state index contributed by atoms with van der Waals surface area (Å²) in [4.78, 5) is 2.65. The monoisotopic (exact) mass is 252 g/mol. The lowest BCUT2D eigenvalue weighted by atomic mass is 9.66. The predicted molar refractivity (Wildman–Crippen MR) is 78.6 cm³/mol. The molecule has 18 heavy (non-hydrogen) atoms. The fourth-order valence-electron chi connectivity index (χ4n) is 4.33. The van der Waals surface area contributed by atoms with Crippen LogP contribution in [0.4, 0.5) is 0 Å². The van der Waals surface area contributed by atoms with E-state index < -0.39 is 0 Å². The second-order valence-corrected chi connectivity index (χ2v) is 7.08. The second-order valence-electron chi connectivity index (χ2n) is 7.08. The van der Waals surface area contributed by atoms with Gasteiger partial charge in [-0.15, -0.1) is 0 Å². The molecule has 0 aromatic carbocycles. The minimum atomic E-state index is 0.294. The van der Waals surface area contributed by atoms with E-state index in [4.69, 9.17) is 5.73 Å². The first-order valence-electron chi connectivity index (χ1n) is 8.01. The van der Waals surface area contributed by atoms with Crippen molar-refractivity contribution in [2.24, 2.45) is 23.5 Å². The summed E-state index contributed by atoms with van der Waals surface area (Å²) in [6.07, 6.45) is 9.80. The molecule has 2 aliphatic carbocycles. The number of nitrogens with zero attached hydrogens (tertiary/aromatic N) is 1. The zero-order chi connectivity index (χ0) is 13.2. The Morgan fingerprint density at radius 1 is 1.17 bits per heavy atom. The van der Waals surface area contributed by atoms with Gasteiger partial charge in [0.15, 0.2) is 0 Å². The largest absolute Gasteiger partial charge is 0.329 e. The lowest BCUT2D eigenvalue weighted by molar-refractivity contribution is -0.0123. The summed E-state index contributed by atoms with van der Waals surface area (Å²) in [7, 11) is 2.34. The molecule has 2 atom stereocenters. The SMILES string of the molecule is CC(C)C1CCCCC1(CN)N(C)CC1CCC1. The Balaban J connectivity index is 2.09. The van der Waals surface area contributed by atoms with Crippen LogP contribution in [0.15, 0.2) is 0 Å². The van der Waals surface area contributed by atoms with Gasteiger partial charge in [-0.2, -0.15) is 0 Å². The standard InChI is InChI=1S/C16H32N2/c1-13(2)15-9-4-5-10-16(15,12-17)18(3)11-14-7-6-8-14/h13-15H,4-12,17H2,1-3H3. The highest BCUT2D eigenvalue weighted by Gasteiger charge is 2.44. The number of hydrogen-bond acceptors (Lipinski definition) is 2. The molecule has 0 saturated heterocycles. The zero-order valence-electron chi connectivity index (χ0n) is 12.6. The molecule has 2 saturated carbocycles. The van der Waals surface area contributed by atoms with Crippen molar-refractivity contribution in [3.8, 4) is 0 Å². The lowest BCUT2D eigenvalue weighted by Crippen LogP contribution is -2.60. The Kier molecular flexibility index (Phi) is 4.71. The van der Waals surface area contributed by atoms with Gasteiger partial charge in [-0.3, -0.25) is 4.90 Å². The van der Waals surface area contributed by atoms with Crippen LogP contribution in [0.25, 0.3) is 0 Å². The van der Waals surface area contributed by atoms with E-state index in [2.05, 4.69) is 25.8 Å². The van der Waals surface area contributed by atoms with Crippen LogP contribution in [-0.2, 0) is 0 Å². The van der Waals surface area contributed by atoms with E-state index in [0.717, 1.165) is 24.3 Å². The van der Waals surface area contributed by atoms with Gasteiger partial charge in [0.05, 0.1) is 0 Å². The molecule has 0 spiro atoms. The summed E-state index contributed by atoms with van der Waals surface area (Å²) in [5, 5.41) is 0. The summed E-state index contributed by atoms with van der Waals surface area (Å²) in [5.41, 5.74) is 6.55. The van der Waals surface area contributed by atoms with Gasteiger partial charge in [0.2, 0.25) is 0 Å². The van der Waals surface area contributed by atoms with E-state index >= 15 is 0 Å². The summed E-state index contributed by atoms with van der Waals surface area (Å²) >= 11 is 0. The smallest absolute Gasteiger partial charge is 0.0359 e. The van der Waals surface area contributed by atoms with E-state index in [1.165, 1.54) is 51.5 Å². The van der Waals surface area contributed by atoms with Crippen LogP contribution >= 0.6 is 0 Å². The maximum atomic E-state index is 6.26. The highest BCUT2D eigenvalue weighted by molar-refractivity contribution is 5.00. The fraction of sp³-hybridized carbons (Fsp3) is 1.00. The number of hydrogen-bond donors (Lipinski definition) is 1. The molecule has 0 amide bonds. The molecule has 0 aromatic heterocycles. The quantitative estimate of drug-likeness (QED) is 0.814. The van der Waals surface area contributed by atoms with E-state index in [1.54, 1.807) is 0 Å². The number of rotatable bonds is 5. The molecule has 0 bridgehead atoms. The normalized spacial score (nSPS) is 34.0. The Morgan fingerprint density at radius 3 is 2.39 bits per heavy atom. The van der Waals surface area contributed by atoms with Gasteiger partial charge in [0, 0.05) is 18.6 Å². The van der Waals surface area contributed by atoms with Gasteiger partial charge in [-0.1, -0.05) is 33.1 Å². The Hall–Kier alpha value is -0.0800. The fourth-order valence-corrected chi connectivity index (χ4v) is 4.33. The third kappa shape index (κ3) is 2.60. The van der Waals surface area contributed by atoms with E-state index in [0.29, 0.717) is 5.54 Å². The molecule has 2 nitrogen and oxygen atoms in total. The molecule has 106 valence electrons. The molecular formula is C16H32N2. The molecule has 2 N–H and O–H groups in total. The third-order valence-electron chi connectivity index (χ3n) is 5.74. The molecule has 2 unspecified atom stereocenters. The van der Waals surface area contributed by atoms with Crippen LogP contribution in [0.1, 0.15) is 58.8 Å². The van der Waals surface area contributed by atoms with Gasteiger partial charge in [-0.05, 0) is 50.5 Å². The summed E-state index contributed by atoms with van der Waals surface area (Å²) in [6, 6.07) is 0. The van der Waals surface area contributed by atoms with Crippen LogP contribution in [0.3, 0.4) is 0 Å². The van der Waals surface area contributed by atoms with Crippen molar-refractivity contribution in [1.29, 1.82) is 0 Å². The van der Waals surface area contributed by atoms with Crippen LogP contribution in [0.5, 0.6) is 0 Å². The second kappa shape index (κ2) is 5.92. The van der Waals surface area contributed by atoms with Crippen LogP contribution < -0.4 is 5.73 Å². The van der Waals surface area contributed by atoms with Crippen LogP contribution in [0.2, 0.25) is 0 Å². The topological polar surface area (TPSA) is 29.3 Å². The van der Waals surface area contributed by atoms with Gasteiger partial charge < -0.3 is 5.73 Å². The highest BCUT2D eigenvalue weighted by atomic mass is 15.2. The molecule has 2 aliphatic rings. The first-order chi connectivity index (χ1) is 8.60. The lowest BCUT2D eigenvalue weighted by Gasteiger charge is -2.52. The maximum absolute atomic E-state index is 6.26. The van der Waals surface area contributed by atoms with Crippen LogP contribution in [-0.4, -0.2) is 30.6 Å². The number of nitrogens with two attached hydrogens (primary N) is 1. The minimum Gasteiger partial charge on any atom is -0.329 e. The molecule has 0 radical (unpaired) electrons. The predicted octanol–water partition coefficient (Wildman–Crippen LogP) is 3.26. The van der Waals surface area contributed by atoms with Gasteiger partial charge in [0.1, 0.15) is 0 Å².